The molecule has 1 heterocycles. The summed E-state index contributed by atoms with van der Waals surface area (Å²) in [5, 5.41) is 15.1. The Morgan fingerprint density at radius 2 is 1.96 bits per heavy atom. The number of hydrogen-bond donors (Lipinski definition) is 1. The van der Waals surface area contributed by atoms with Gasteiger partial charge in [-0.1, -0.05) is 44.9 Å². The molecule has 0 radical (unpaired) electrons. The Bertz CT molecular complexity index is 596. The number of rotatable bonds is 2. The third-order valence-corrected chi connectivity index (χ3v) is 5.41. The number of hydrogen-bond acceptors (Lipinski definition) is 5. The summed E-state index contributed by atoms with van der Waals surface area (Å²) < 4.78 is 0. The Morgan fingerprint density at radius 1 is 1.26 bits per heavy atom. The Balaban J connectivity index is 0.000000924. The average molecular weight is 335 g/mol. The zero-order chi connectivity index (χ0) is 16.9. The summed E-state index contributed by atoms with van der Waals surface area (Å²) in [4.78, 5) is 15.3. The van der Waals surface area contributed by atoms with Crippen molar-refractivity contribution in [2.75, 3.05) is 11.1 Å². The molecule has 1 saturated carbocycles. The molecular formula is C17H25N3O2S. The van der Waals surface area contributed by atoms with Gasteiger partial charge in [-0.15, -0.1) is 0 Å². The summed E-state index contributed by atoms with van der Waals surface area (Å²) in [5.74, 6) is 1.06. The number of aliphatic imine (C=N–C) groups is 1. The van der Waals surface area contributed by atoms with Crippen LogP contribution in [-0.4, -0.2) is 21.4 Å². The van der Waals surface area contributed by atoms with Gasteiger partial charge in [-0.05, 0) is 31.4 Å². The first-order valence-electron chi connectivity index (χ1n) is 8.33. The lowest BCUT2D eigenvalue weighted by molar-refractivity contribution is -0.384. The van der Waals surface area contributed by atoms with Gasteiger partial charge < -0.3 is 5.32 Å². The standard InChI is InChI=1S/C15H19N3O2S.C2H6/c1-11-9-12(18(19)20)5-6-13(11)16-14-17-15(10-21-14)7-3-2-4-8-15;1-2/h5-6,9H,2-4,7-8,10H2,1H3,(H,16,17);1-2H3. The van der Waals surface area contributed by atoms with E-state index in [1.165, 1.54) is 38.2 Å². The van der Waals surface area contributed by atoms with Crippen molar-refractivity contribution in [2.45, 2.75) is 58.4 Å². The van der Waals surface area contributed by atoms with Crippen molar-refractivity contribution >= 4 is 28.3 Å². The van der Waals surface area contributed by atoms with Crippen LogP contribution >= 0.6 is 11.8 Å². The Hall–Kier alpha value is -1.56. The van der Waals surface area contributed by atoms with Crippen LogP contribution in [0.25, 0.3) is 0 Å². The SMILES string of the molecule is CC.Cc1cc([N+](=O)[O-])ccc1NC1=NC2(CCCCC2)CS1. The third-order valence-electron chi connectivity index (χ3n) is 4.26. The maximum atomic E-state index is 10.8. The summed E-state index contributed by atoms with van der Waals surface area (Å²) in [7, 11) is 0. The minimum Gasteiger partial charge on any atom is -0.335 e. The number of nitro benzene ring substituents is 1. The highest BCUT2D eigenvalue weighted by molar-refractivity contribution is 8.14. The number of benzene rings is 1. The molecule has 1 aromatic rings. The average Bonchev–Trinajstić information content (AvgIpc) is 2.94. The Labute approximate surface area is 142 Å². The van der Waals surface area contributed by atoms with E-state index in [4.69, 9.17) is 4.99 Å². The second kappa shape index (κ2) is 7.81. The lowest BCUT2D eigenvalue weighted by Crippen LogP contribution is -2.29. The lowest BCUT2D eigenvalue weighted by Gasteiger charge is -2.29. The number of nitrogens with one attached hydrogen (secondary N) is 1. The van der Waals surface area contributed by atoms with Crippen molar-refractivity contribution in [1.29, 1.82) is 0 Å². The maximum absolute atomic E-state index is 10.8. The molecule has 1 aromatic carbocycles. The van der Waals surface area contributed by atoms with E-state index in [9.17, 15) is 10.1 Å². The highest BCUT2D eigenvalue weighted by atomic mass is 32.2. The normalized spacial score (nSPS) is 18.8. The van der Waals surface area contributed by atoms with Crippen molar-refractivity contribution in [2.24, 2.45) is 4.99 Å². The summed E-state index contributed by atoms with van der Waals surface area (Å²) >= 11 is 1.77. The van der Waals surface area contributed by atoms with Crippen LogP contribution in [0.15, 0.2) is 23.2 Å². The number of amidine groups is 1. The summed E-state index contributed by atoms with van der Waals surface area (Å²) in [6, 6.07) is 4.90. The minimum absolute atomic E-state index is 0.128. The predicted octanol–water partition coefficient (Wildman–Crippen LogP) is 5.15. The molecule has 1 spiro atoms. The number of nitro groups is 1. The van der Waals surface area contributed by atoms with Crippen molar-refractivity contribution in [3.63, 3.8) is 0 Å². The molecule has 0 atom stereocenters. The van der Waals surface area contributed by atoms with Gasteiger partial charge in [-0.25, -0.2) is 0 Å². The number of nitrogens with zero attached hydrogens (tertiary/aromatic N) is 2. The molecule has 1 aliphatic carbocycles. The van der Waals surface area contributed by atoms with Gasteiger partial charge in [0.05, 0.1) is 10.5 Å². The number of non-ortho nitro benzene ring substituents is 1. The molecule has 1 aliphatic heterocycles. The molecule has 126 valence electrons. The molecule has 2 aliphatic rings. The summed E-state index contributed by atoms with van der Waals surface area (Å²) in [6.45, 7) is 5.88. The highest BCUT2D eigenvalue weighted by Gasteiger charge is 2.36. The molecule has 0 aromatic heterocycles. The van der Waals surface area contributed by atoms with Crippen LogP contribution < -0.4 is 5.32 Å². The molecular weight excluding hydrogens is 310 g/mol. The first kappa shape index (κ1) is 17.8. The number of aryl methyl sites for hydroxylation is 1. The van der Waals surface area contributed by atoms with Gasteiger partial charge in [-0.2, -0.15) is 0 Å². The molecule has 1 fully saturated rings. The van der Waals surface area contributed by atoms with Crippen LogP contribution in [0.3, 0.4) is 0 Å². The monoisotopic (exact) mass is 335 g/mol. The van der Waals surface area contributed by atoms with E-state index in [-0.39, 0.29) is 16.1 Å². The predicted molar refractivity (Wildman–Crippen MR) is 98.5 cm³/mol. The van der Waals surface area contributed by atoms with Crippen molar-refractivity contribution in [3.05, 3.63) is 33.9 Å². The van der Waals surface area contributed by atoms with E-state index in [1.54, 1.807) is 23.9 Å². The first-order chi connectivity index (χ1) is 11.1. The number of anilines is 1. The van der Waals surface area contributed by atoms with Gasteiger partial charge in [0, 0.05) is 23.6 Å². The fraction of sp³-hybridized carbons (Fsp3) is 0.588. The first-order valence-corrected chi connectivity index (χ1v) is 9.31. The van der Waals surface area contributed by atoms with E-state index in [0.29, 0.717) is 0 Å². The van der Waals surface area contributed by atoms with Gasteiger partial charge in [-0.3, -0.25) is 15.1 Å². The molecule has 0 unspecified atom stereocenters. The summed E-state index contributed by atoms with van der Waals surface area (Å²) in [6.07, 6.45) is 6.24. The van der Waals surface area contributed by atoms with Gasteiger partial charge >= 0.3 is 0 Å². The topological polar surface area (TPSA) is 67.5 Å². The molecule has 1 N–H and O–H groups in total. The molecule has 23 heavy (non-hydrogen) atoms. The van der Waals surface area contributed by atoms with E-state index in [2.05, 4.69) is 5.32 Å². The van der Waals surface area contributed by atoms with Crippen LogP contribution in [-0.2, 0) is 0 Å². The fourth-order valence-corrected chi connectivity index (χ4v) is 4.23. The largest absolute Gasteiger partial charge is 0.335 e. The van der Waals surface area contributed by atoms with Gasteiger partial charge in [0.25, 0.3) is 5.69 Å². The zero-order valence-electron chi connectivity index (χ0n) is 14.1. The van der Waals surface area contributed by atoms with Gasteiger partial charge in [0.2, 0.25) is 0 Å². The lowest BCUT2D eigenvalue weighted by atomic mass is 9.84. The van der Waals surface area contributed by atoms with Crippen LogP contribution in [0.1, 0.15) is 51.5 Å². The third kappa shape index (κ3) is 4.25. The Morgan fingerprint density at radius 3 is 2.57 bits per heavy atom. The van der Waals surface area contributed by atoms with Gasteiger partial charge in [0.15, 0.2) is 5.17 Å². The summed E-state index contributed by atoms with van der Waals surface area (Å²) in [5.41, 5.74) is 2.04. The smallest absolute Gasteiger partial charge is 0.269 e. The van der Waals surface area contributed by atoms with E-state index >= 15 is 0 Å². The van der Waals surface area contributed by atoms with Crippen molar-refractivity contribution < 1.29 is 4.92 Å². The molecule has 6 heteroatoms. The van der Waals surface area contributed by atoms with Crippen molar-refractivity contribution in [3.8, 4) is 0 Å². The van der Waals surface area contributed by atoms with Crippen LogP contribution in [0.5, 0.6) is 0 Å². The number of thioether (sulfide) groups is 1. The van der Waals surface area contributed by atoms with E-state index < -0.39 is 0 Å². The maximum Gasteiger partial charge on any atom is 0.269 e. The molecule has 5 nitrogen and oxygen atoms in total. The second-order valence-corrected chi connectivity index (χ2v) is 6.84. The Kier molecular flexibility index (Phi) is 6.04. The van der Waals surface area contributed by atoms with Crippen LogP contribution in [0.4, 0.5) is 11.4 Å². The highest BCUT2D eigenvalue weighted by Crippen LogP contribution is 2.40. The second-order valence-electron chi connectivity index (χ2n) is 5.87. The quantitative estimate of drug-likeness (QED) is 0.599. The van der Waals surface area contributed by atoms with Crippen LogP contribution in [0, 0.1) is 17.0 Å². The van der Waals surface area contributed by atoms with E-state index in [0.717, 1.165) is 22.2 Å². The van der Waals surface area contributed by atoms with Crippen molar-refractivity contribution in [1.82, 2.24) is 0 Å². The zero-order valence-corrected chi connectivity index (χ0v) is 14.9. The minimum atomic E-state index is -0.365. The van der Waals surface area contributed by atoms with Crippen LogP contribution in [0.2, 0.25) is 0 Å². The molecule has 0 amide bonds. The molecule has 3 rings (SSSR count). The van der Waals surface area contributed by atoms with Gasteiger partial charge in [0.1, 0.15) is 0 Å². The van der Waals surface area contributed by atoms with E-state index in [1.807, 2.05) is 20.8 Å². The fourth-order valence-electron chi connectivity index (χ4n) is 3.03. The molecule has 0 bridgehead atoms. The molecule has 0 saturated heterocycles.